The summed E-state index contributed by atoms with van der Waals surface area (Å²) in [5.74, 6) is -0.193. The van der Waals surface area contributed by atoms with Gasteiger partial charge >= 0.3 is 0 Å². The number of nitrogens with zero attached hydrogens (tertiary/aromatic N) is 1. The summed E-state index contributed by atoms with van der Waals surface area (Å²) in [6.07, 6.45) is 0.709. The minimum Gasteiger partial charge on any atom is -0.350 e. The van der Waals surface area contributed by atoms with E-state index in [2.05, 4.69) is 5.32 Å². The second-order valence-corrected chi connectivity index (χ2v) is 10.1. The van der Waals surface area contributed by atoms with Gasteiger partial charge in [-0.3, -0.25) is 9.59 Å². The highest BCUT2D eigenvalue weighted by molar-refractivity contribution is 5.89. The van der Waals surface area contributed by atoms with Crippen molar-refractivity contribution in [2.45, 2.75) is 65.6 Å². The lowest BCUT2D eigenvalue weighted by Crippen LogP contribution is -2.54. The van der Waals surface area contributed by atoms with E-state index >= 15 is 0 Å². The van der Waals surface area contributed by atoms with Crippen LogP contribution in [0.1, 0.15) is 48.6 Å². The van der Waals surface area contributed by atoms with Gasteiger partial charge < -0.3 is 10.2 Å². The summed E-state index contributed by atoms with van der Waals surface area (Å²) in [5, 5.41) is 3.11. The minimum absolute atomic E-state index is 0.0557. The Morgan fingerprint density at radius 3 is 2.06 bits per heavy atom. The zero-order valence-electron chi connectivity index (χ0n) is 21.0. The van der Waals surface area contributed by atoms with Crippen LogP contribution in [0.4, 0.5) is 0 Å². The van der Waals surface area contributed by atoms with Crippen molar-refractivity contribution >= 4 is 11.8 Å². The molecule has 1 atom stereocenters. The SMILES string of the molecule is Cc1ccc(CN(C(=O)Cc2ccccc2C)[C@@H](Cc2ccccc2)C(=O)NC(C)(C)C)cc1. The third-order valence-electron chi connectivity index (χ3n) is 5.85. The van der Waals surface area contributed by atoms with Crippen molar-refractivity contribution in [2.24, 2.45) is 0 Å². The summed E-state index contributed by atoms with van der Waals surface area (Å²) in [4.78, 5) is 29.1. The van der Waals surface area contributed by atoms with E-state index in [1.165, 1.54) is 0 Å². The fraction of sp³-hybridized carbons (Fsp3) is 0.333. The van der Waals surface area contributed by atoms with Crippen molar-refractivity contribution < 1.29 is 9.59 Å². The van der Waals surface area contributed by atoms with Crippen LogP contribution < -0.4 is 5.32 Å². The zero-order chi connectivity index (χ0) is 24.7. The molecular weight excluding hydrogens is 420 g/mol. The Labute approximate surface area is 204 Å². The van der Waals surface area contributed by atoms with Crippen LogP contribution in [0.3, 0.4) is 0 Å². The van der Waals surface area contributed by atoms with Gasteiger partial charge in [-0.25, -0.2) is 0 Å². The van der Waals surface area contributed by atoms with E-state index in [9.17, 15) is 9.59 Å². The van der Waals surface area contributed by atoms with E-state index in [0.29, 0.717) is 13.0 Å². The topological polar surface area (TPSA) is 49.4 Å². The molecule has 4 nitrogen and oxygen atoms in total. The number of hydrogen-bond acceptors (Lipinski definition) is 2. The summed E-state index contributed by atoms with van der Waals surface area (Å²) in [7, 11) is 0. The quantitative estimate of drug-likeness (QED) is 0.493. The first-order chi connectivity index (χ1) is 16.1. The van der Waals surface area contributed by atoms with Gasteiger partial charge in [0.2, 0.25) is 11.8 Å². The van der Waals surface area contributed by atoms with Crippen LogP contribution in [0, 0.1) is 13.8 Å². The maximum absolute atomic E-state index is 13.8. The van der Waals surface area contributed by atoms with Crippen molar-refractivity contribution in [3.05, 3.63) is 107 Å². The maximum atomic E-state index is 13.8. The number of benzene rings is 3. The monoisotopic (exact) mass is 456 g/mol. The smallest absolute Gasteiger partial charge is 0.243 e. The fourth-order valence-electron chi connectivity index (χ4n) is 3.97. The summed E-state index contributed by atoms with van der Waals surface area (Å²) in [5.41, 5.74) is 4.84. The zero-order valence-corrected chi connectivity index (χ0v) is 21.0. The first-order valence-corrected chi connectivity index (χ1v) is 11.9. The highest BCUT2D eigenvalue weighted by Gasteiger charge is 2.32. The average Bonchev–Trinajstić information content (AvgIpc) is 2.78. The standard InChI is InChI=1S/C30H36N2O2/c1-22-15-17-25(18-16-22)21-32(28(33)20-26-14-10-9-11-23(26)2)27(29(34)31-30(3,4)5)19-24-12-7-6-8-13-24/h6-18,27H,19-21H2,1-5H3,(H,31,34)/t27-/m0/s1. The van der Waals surface area contributed by atoms with Crippen molar-refractivity contribution in [3.63, 3.8) is 0 Å². The number of carbonyl (C=O) groups excluding carboxylic acids is 2. The fourth-order valence-corrected chi connectivity index (χ4v) is 3.97. The molecule has 0 spiro atoms. The van der Waals surface area contributed by atoms with Gasteiger partial charge in [-0.15, -0.1) is 0 Å². The minimum atomic E-state index is -0.626. The van der Waals surface area contributed by atoms with Gasteiger partial charge in [-0.2, -0.15) is 0 Å². The van der Waals surface area contributed by atoms with Gasteiger partial charge in [-0.05, 0) is 56.9 Å². The first kappa shape index (κ1) is 25.2. The van der Waals surface area contributed by atoms with Crippen LogP contribution in [-0.4, -0.2) is 28.3 Å². The van der Waals surface area contributed by atoms with E-state index in [4.69, 9.17) is 0 Å². The largest absolute Gasteiger partial charge is 0.350 e. The maximum Gasteiger partial charge on any atom is 0.243 e. The molecule has 0 radical (unpaired) electrons. The van der Waals surface area contributed by atoms with Gasteiger partial charge in [0.1, 0.15) is 6.04 Å². The van der Waals surface area contributed by atoms with E-state index in [0.717, 1.165) is 27.8 Å². The van der Waals surface area contributed by atoms with Crippen LogP contribution >= 0.6 is 0 Å². The third-order valence-corrected chi connectivity index (χ3v) is 5.85. The molecule has 2 amide bonds. The van der Waals surface area contributed by atoms with Crippen molar-refractivity contribution in [2.75, 3.05) is 0 Å². The number of nitrogens with one attached hydrogen (secondary N) is 1. The van der Waals surface area contributed by atoms with Gasteiger partial charge in [-0.1, -0.05) is 84.4 Å². The molecule has 0 saturated heterocycles. The second kappa shape index (κ2) is 11.1. The highest BCUT2D eigenvalue weighted by atomic mass is 16.2. The molecule has 0 heterocycles. The molecule has 0 aromatic heterocycles. The van der Waals surface area contributed by atoms with Gasteiger partial charge in [0.15, 0.2) is 0 Å². The Kier molecular flexibility index (Phi) is 8.27. The Morgan fingerprint density at radius 1 is 0.824 bits per heavy atom. The van der Waals surface area contributed by atoms with Crippen LogP contribution in [-0.2, 0) is 29.0 Å². The average molecular weight is 457 g/mol. The Hall–Kier alpha value is -3.40. The summed E-state index contributed by atoms with van der Waals surface area (Å²) < 4.78 is 0. The summed E-state index contributed by atoms with van der Waals surface area (Å²) in [6.45, 7) is 10.3. The first-order valence-electron chi connectivity index (χ1n) is 11.9. The molecule has 4 heteroatoms. The lowest BCUT2D eigenvalue weighted by molar-refractivity contribution is -0.141. The number of carbonyl (C=O) groups is 2. The third kappa shape index (κ3) is 7.31. The van der Waals surface area contributed by atoms with Crippen molar-refractivity contribution in [3.8, 4) is 0 Å². The van der Waals surface area contributed by atoms with Crippen molar-refractivity contribution in [1.29, 1.82) is 0 Å². The number of rotatable bonds is 8. The molecule has 1 N–H and O–H groups in total. The van der Waals surface area contributed by atoms with E-state index in [-0.39, 0.29) is 18.2 Å². The normalized spacial score (nSPS) is 12.1. The molecule has 0 bridgehead atoms. The molecule has 3 aromatic rings. The predicted octanol–water partition coefficient (Wildman–Crippen LogP) is 5.40. The van der Waals surface area contributed by atoms with E-state index in [1.807, 2.05) is 113 Å². The number of hydrogen-bond donors (Lipinski definition) is 1. The van der Waals surface area contributed by atoms with Crippen LogP contribution in [0.25, 0.3) is 0 Å². The lowest BCUT2D eigenvalue weighted by atomic mass is 9.99. The molecule has 3 rings (SSSR count). The van der Waals surface area contributed by atoms with E-state index < -0.39 is 11.6 Å². The molecule has 0 aliphatic carbocycles. The molecule has 0 aliphatic rings. The van der Waals surface area contributed by atoms with Crippen LogP contribution in [0.2, 0.25) is 0 Å². The Morgan fingerprint density at radius 2 is 1.44 bits per heavy atom. The number of aryl methyl sites for hydroxylation is 2. The van der Waals surface area contributed by atoms with Crippen LogP contribution in [0.15, 0.2) is 78.9 Å². The molecule has 34 heavy (non-hydrogen) atoms. The summed E-state index contributed by atoms with van der Waals surface area (Å²) in [6, 6.07) is 25.4. The van der Waals surface area contributed by atoms with E-state index in [1.54, 1.807) is 4.90 Å². The molecular formula is C30H36N2O2. The molecule has 0 aliphatic heterocycles. The van der Waals surface area contributed by atoms with Crippen LogP contribution in [0.5, 0.6) is 0 Å². The highest BCUT2D eigenvalue weighted by Crippen LogP contribution is 2.19. The summed E-state index contributed by atoms with van der Waals surface area (Å²) >= 11 is 0. The predicted molar refractivity (Wildman–Crippen MR) is 138 cm³/mol. The van der Waals surface area contributed by atoms with Gasteiger partial charge in [0, 0.05) is 18.5 Å². The van der Waals surface area contributed by atoms with Gasteiger partial charge in [0.05, 0.1) is 6.42 Å². The molecule has 178 valence electrons. The second-order valence-electron chi connectivity index (χ2n) is 10.1. The van der Waals surface area contributed by atoms with Crippen molar-refractivity contribution in [1.82, 2.24) is 10.2 Å². The molecule has 0 saturated carbocycles. The number of amides is 2. The lowest BCUT2D eigenvalue weighted by Gasteiger charge is -2.34. The molecule has 3 aromatic carbocycles. The molecule has 0 unspecified atom stereocenters. The van der Waals surface area contributed by atoms with Gasteiger partial charge in [0.25, 0.3) is 0 Å². The Bertz CT molecular complexity index is 1100. The molecule has 0 fully saturated rings. The Balaban J connectivity index is 1.99.